The number of thiazole rings is 1. The minimum atomic E-state index is -0.823. The first-order valence-electron chi connectivity index (χ1n) is 8.92. The van der Waals surface area contributed by atoms with Crippen LogP contribution in [0.5, 0.6) is 0 Å². The molecule has 0 saturated heterocycles. The Labute approximate surface area is 176 Å². The van der Waals surface area contributed by atoms with Gasteiger partial charge < -0.3 is 10.6 Å². The molecule has 0 fully saturated rings. The predicted octanol–water partition coefficient (Wildman–Crippen LogP) is 4.98. The van der Waals surface area contributed by atoms with Gasteiger partial charge in [0.1, 0.15) is 15.9 Å². The Bertz CT molecular complexity index is 1090. The van der Waals surface area contributed by atoms with E-state index in [1.54, 1.807) is 29.7 Å². The highest BCUT2D eigenvalue weighted by Gasteiger charge is 2.24. The van der Waals surface area contributed by atoms with Crippen molar-refractivity contribution in [3.8, 4) is 9.88 Å². The van der Waals surface area contributed by atoms with E-state index in [0.29, 0.717) is 16.1 Å². The second kappa shape index (κ2) is 8.81. The van der Waals surface area contributed by atoms with Crippen LogP contribution in [0.25, 0.3) is 9.88 Å². The summed E-state index contributed by atoms with van der Waals surface area (Å²) in [5, 5.41) is 8.47. The second-order valence-corrected chi connectivity index (χ2v) is 8.16. The van der Waals surface area contributed by atoms with E-state index in [4.69, 9.17) is 0 Å². The molecule has 4 aromatic rings. The van der Waals surface area contributed by atoms with Crippen molar-refractivity contribution in [1.29, 1.82) is 0 Å². The zero-order chi connectivity index (χ0) is 20.1. The molecule has 2 aromatic carbocycles. The average molecular weight is 420 g/mol. The first-order valence-corrected chi connectivity index (χ1v) is 10.6. The van der Waals surface area contributed by atoms with E-state index in [2.05, 4.69) is 15.6 Å². The van der Waals surface area contributed by atoms with Gasteiger partial charge >= 0.3 is 0 Å². The van der Waals surface area contributed by atoms with Crippen LogP contribution in [0.4, 0.5) is 5.69 Å². The van der Waals surface area contributed by atoms with Crippen molar-refractivity contribution < 1.29 is 9.59 Å². The van der Waals surface area contributed by atoms with Crippen molar-refractivity contribution >= 4 is 40.2 Å². The topological polar surface area (TPSA) is 71.1 Å². The van der Waals surface area contributed by atoms with Crippen LogP contribution in [-0.2, 0) is 4.79 Å². The molecule has 2 N–H and O–H groups in total. The number of hydrogen-bond donors (Lipinski definition) is 2. The molecule has 0 saturated carbocycles. The number of amides is 2. The quantitative estimate of drug-likeness (QED) is 0.463. The number of para-hydroxylation sites is 1. The Morgan fingerprint density at radius 1 is 0.897 bits per heavy atom. The molecule has 0 radical (unpaired) electrons. The standard InChI is InChI=1S/C22H17N3O2S2/c26-20(18-14-23-22(29-18)17-12-7-13-28-17)25-19(15-8-3-1-4-9-15)21(27)24-16-10-5-2-6-11-16/h1-14,19H,(H,24,27)(H,25,26). The zero-order valence-corrected chi connectivity index (χ0v) is 16.9. The van der Waals surface area contributed by atoms with Gasteiger partial charge in [-0.1, -0.05) is 54.6 Å². The largest absolute Gasteiger partial charge is 0.336 e. The van der Waals surface area contributed by atoms with Gasteiger partial charge in [0.05, 0.1) is 11.1 Å². The lowest BCUT2D eigenvalue weighted by molar-refractivity contribution is -0.118. The second-order valence-electron chi connectivity index (χ2n) is 6.18. The minimum absolute atomic E-state index is 0.307. The van der Waals surface area contributed by atoms with Gasteiger partial charge in [-0.25, -0.2) is 4.98 Å². The number of nitrogens with one attached hydrogen (secondary N) is 2. The Kier molecular flexibility index (Phi) is 5.79. The van der Waals surface area contributed by atoms with E-state index >= 15 is 0 Å². The van der Waals surface area contributed by atoms with E-state index in [1.807, 2.05) is 66.0 Å². The maximum absolute atomic E-state index is 12.9. The lowest BCUT2D eigenvalue weighted by Gasteiger charge is -2.18. The molecular formula is C22H17N3O2S2. The molecule has 1 atom stereocenters. The number of anilines is 1. The van der Waals surface area contributed by atoms with Crippen LogP contribution in [0, 0.1) is 0 Å². The van der Waals surface area contributed by atoms with Gasteiger partial charge in [0.15, 0.2) is 0 Å². The minimum Gasteiger partial charge on any atom is -0.336 e. The van der Waals surface area contributed by atoms with Crippen LogP contribution in [0.1, 0.15) is 21.3 Å². The number of thiophene rings is 1. The Balaban J connectivity index is 1.55. The van der Waals surface area contributed by atoms with Gasteiger partial charge in [0.2, 0.25) is 0 Å². The molecule has 144 valence electrons. The lowest BCUT2D eigenvalue weighted by Crippen LogP contribution is -2.36. The van der Waals surface area contributed by atoms with E-state index in [1.165, 1.54) is 11.3 Å². The summed E-state index contributed by atoms with van der Waals surface area (Å²) in [5.74, 6) is -0.638. The van der Waals surface area contributed by atoms with E-state index in [9.17, 15) is 9.59 Å². The van der Waals surface area contributed by atoms with Gasteiger partial charge in [0.25, 0.3) is 11.8 Å². The fourth-order valence-electron chi connectivity index (χ4n) is 2.78. The molecule has 0 spiro atoms. The van der Waals surface area contributed by atoms with E-state index in [0.717, 1.165) is 9.88 Å². The summed E-state index contributed by atoms with van der Waals surface area (Å²) in [6, 6.07) is 21.4. The molecule has 4 rings (SSSR count). The van der Waals surface area contributed by atoms with Crippen molar-refractivity contribution in [1.82, 2.24) is 10.3 Å². The van der Waals surface area contributed by atoms with Crippen molar-refractivity contribution in [3.63, 3.8) is 0 Å². The molecule has 7 heteroatoms. The molecular weight excluding hydrogens is 402 g/mol. The summed E-state index contributed by atoms with van der Waals surface area (Å²) < 4.78 is 0. The number of carbonyl (C=O) groups is 2. The molecule has 5 nitrogen and oxygen atoms in total. The van der Waals surface area contributed by atoms with Crippen molar-refractivity contribution in [3.05, 3.63) is 94.8 Å². The van der Waals surface area contributed by atoms with Crippen LogP contribution in [0.3, 0.4) is 0 Å². The van der Waals surface area contributed by atoms with Crippen molar-refractivity contribution in [2.45, 2.75) is 6.04 Å². The number of rotatable bonds is 6. The third-order valence-electron chi connectivity index (χ3n) is 4.17. The third kappa shape index (κ3) is 4.59. The van der Waals surface area contributed by atoms with Crippen LogP contribution in [0.2, 0.25) is 0 Å². The van der Waals surface area contributed by atoms with Crippen molar-refractivity contribution in [2.24, 2.45) is 0 Å². The number of aromatic nitrogens is 1. The van der Waals surface area contributed by atoms with Gasteiger partial charge in [-0.2, -0.15) is 0 Å². The Morgan fingerprint density at radius 3 is 2.31 bits per heavy atom. The summed E-state index contributed by atoms with van der Waals surface area (Å²) in [6.07, 6.45) is 1.55. The molecule has 0 aliphatic carbocycles. The van der Waals surface area contributed by atoms with Crippen molar-refractivity contribution in [2.75, 3.05) is 5.32 Å². The maximum atomic E-state index is 12.9. The fraction of sp³-hybridized carbons (Fsp3) is 0.0455. The monoisotopic (exact) mass is 419 g/mol. The molecule has 29 heavy (non-hydrogen) atoms. The van der Waals surface area contributed by atoms with Crippen LogP contribution in [-0.4, -0.2) is 16.8 Å². The predicted molar refractivity (Wildman–Crippen MR) is 117 cm³/mol. The highest BCUT2D eigenvalue weighted by molar-refractivity contribution is 7.22. The lowest BCUT2D eigenvalue weighted by atomic mass is 10.1. The fourth-order valence-corrected chi connectivity index (χ4v) is 4.40. The van der Waals surface area contributed by atoms with Gasteiger partial charge in [-0.15, -0.1) is 22.7 Å². The third-order valence-corrected chi connectivity index (χ3v) is 6.21. The van der Waals surface area contributed by atoms with Crippen LogP contribution >= 0.6 is 22.7 Å². The average Bonchev–Trinajstić information content (AvgIpc) is 3.45. The number of carbonyl (C=O) groups excluding carboxylic acids is 2. The number of hydrogen-bond acceptors (Lipinski definition) is 5. The molecule has 1 unspecified atom stereocenters. The maximum Gasteiger partial charge on any atom is 0.263 e. The number of benzene rings is 2. The highest BCUT2D eigenvalue weighted by Crippen LogP contribution is 2.29. The summed E-state index contributed by atoms with van der Waals surface area (Å²) in [4.78, 5) is 31.6. The van der Waals surface area contributed by atoms with E-state index in [-0.39, 0.29) is 11.8 Å². The molecule has 2 aromatic heterocycles. The van der Waals surface area contributed by atoms with Gasteiger partial charge in [-0.3, -0.25) is 9.59 Å². The zero-order valence-electron chi connectivity index (χ0n) is 15.2. The number of nitrogens with zero attached hydrogens (tertiary/aromatic N) is 1. The summed E-state index contributed by atoms with van der Waals surface area (Å²) in [6.45, 7) is 0. The van der Waals surface area contributed by atoms with Crippen LogP contribution in [0.15, 0.2) is 84.4 Å². The molecule has 2 amide bonds. The van der Waals surface area contributed by atoms with Crippen LogP contribution < -0.4 is 10.6 Å². The summed E-state index contributed by atoms with van der Waals surface area (Å²) >= 11 is 2.88. The Morgan fingerprint density at radius 2 is 1.62 bits per heavy atom. The molecule has 2 heterocycles. The normalized spacial score (nSPS) is 11.6. The molecule has 0 bridgehead atoms. The summed E-state index contributed by atoms with van der Waals surface area (Å²) in [5.41, 5.74) is 1.38. The smallest absolute Gasteiger partial charge is 0.263 e. The van der Waals surface area contributed by atoms with Gasteiger partial charge in [-0.05, 0) is 29.1 Å². The molecule has 0 aliphatic rings. The highest BCUT2D eigenvalue weighted by atomic mass is 32.1. The van der Waals surface area contributed by atoms with Gasteiger partial charge in [0, 0.05) is 5.69 Å². The summed E-state index contributed by atoms with van der Waals surface area (Å²) in [7, 11) is 0. The van der Waals surface area contributed by atoms with E-state index < -0.39 is 6.04 Å². The SMILES string of the molecule is O=C(NC(C(=O)Nc1ccccc1)c1ccccc1)c1cnc(-c2cccs2)s1. The first-order chi connectivity index (χ1) is 14.2. The molecule has 0 aliphatic heterocycles. The Hall–Kier alpha value is -3.29. The first kappa shape index (κ1) is 19.0.